The van der Waals surface area contributed by atoms with Gasteiger partial charge in [-0.3, -0.25) is 0 Å². The van der Waals surface area contributed by atoms with Crippen molar-refractivity contribution in [3.8, 4) is 0 Å². The Balaban J connectivity index is 2.17. The van der Waals surface area contributed by atoms with Crippen molar-refractivity contribution in [2.75, 3.05) is 35.2 Å². The fourth-order valence-electron chi connectivity index (χ4n) is 1.65. The zero-order valence-electron chi connectivity index (χ0n) is 8.83. The highest BCUT2D eigenvalue weighted by Gasteiger charge is 2.20. The number of anilines is 2. The Kier molecular flexibility index (Phi) is 2.95. The van der Waals surface area contributed by atoms with Crippen molar-refractivity contribution < 1.29 is 8.42 Å². The molecule has 1 aliphatic heterocycles. The molecule has 1 saturated heterocycles. The maximum Gasteiger partial charge on any atom is 0.227 e. The summed E-state index contributed by atoms with van der Waals surface area (Å²) in [5, 5.41) is 0. The minimum Gasteiger partial charge on any atom is -0.384 e. The molecule has 88 valence electrons. The summed E-state index contributed by atoms with van der Waals surface area (Å²) in [4.78, 5) is 10.0. The Hall–Kier alpha value is -1.37. The van der Waals surface area contributed by atoms with Crippen LogP contribution in [0.2, 0.25) is 0 Å². The lowest BCUT2D eigenvalue weighted by molar-refractivity contribution is 0.597. The number of hydrogen-bond donors (Lipinski definition) is 1. The van der Waals surface area contributed by atoms with Gasteiger partial charge in [0.1, 0.15) is 5.82 Å². The van der Waals surface area contributed by atoms with E-state index >= 15 is 0 Å². The van der Waals surface area contributed by atoms with Gasteiger partial charge in [0.15, 0.2) is 9.84 Å². The predicted octanol–water partition coefficient (Wildman–Crippen LogP) is -0.316. The van der Waals surface area contributed by atoms with Gasteiger partial charge in [0.05, 0.1) is 11.5 Å². The fourth-order valence-corrected chi connectivity index (χ4v) is 2.92. The van der Waals surface area contributed by atoms with E-state index in [-0.39, 0.29) is 11.5 Å². The van der Waals surface area contributed by atoms with E-state index < -0.39 is 9.84 Å². The van der Waals surface area contributed by atoms with Gasteiger partial charge in [-0.05, 0) is 12.5 Å². The average molecular weight is 242 g/mol. The van der Waals surface area contributed by atoms with Crippen LogP contribution in [0.25, 0.3) is 0 Å². The summed E-state index contributed by atoms with van der Waals surface area (Å²) >= 11 is 0. The van der Waals surface area contributed by atoms with Gasteiger partial charge in [0, 0.05) is 19.3 Å². The van der Waals surface area contributed by atoms with E-state index in [1.54, 1.807) is 12.3 Å². The van der Waals surface area contributed by atoms with Crippen LogP contribution in [0.3, 0.4) is 0 Å². The van der Waals surface area contributed by atoms with Crippen LogP contribution in [0.4, 0.5) is 11.8 Å². The lowest BCUT2D eigenvalue weighted by Gasteiger charge is -2.19. The Morgan fingerprint density at radius 3 is 2.88 bits per heavy atom. The first-order valence-electron chi connectivity index (χ1n) is 5.11. The molecule has 0 saturated carbocycles. The molecule has 0 amide bonds. The summed E-state index contributed by atoms with van der Waals surface area (Å²) in [6.07, 6.45) is 2.19. The minimum absolute atomic E-state index is 0.158. The maximum atomic E-state index is 11.4. The van der Waals surface area contributed by atoms with Crippen molar-refractivity contribution in [1.29, 1.82) is 0 Å². The molecule has 0 radical (unpaired) electrons. The van der Waals surface area contributed by atoms with Gasteiger partial charge in [-0.25, -0.2) is 13.4 Å². The average Bonchev–Trinajstić information content (AvgIpc) is 2.39. The summed E-state index contributed by atoms with van der Waals surface area (Å²) in [6.45, 7) is 1.09. The molecule has 7 heteroatoms. The molecule has 0 spiro atoms. The second-order valence-electron chi connectivity index (χ2n) is 3.77. The van der Waals surface area contributed by atoms with Gasteiger partial charge < -0.3 is 10.6 Å². The molecular formula is C9H14N4O2S. The van der Waals surface area contributed by atoms with E-state index in [0.29, 0.717) is 31.3 Å². The molecule has 1 aromatic heterocycles. The molecule has 6 nitrogen and oxygen atoms in total. The lowest BCUT2D eigenvalue weighted by atomic mass is 10.4. The van der Waals surface area contributed by atoms with Crippen molar-refractivity contribution in [2.24, 2.45) is 0 Å². The number of hydrogen-bond acceptors (Lipinski definition) is 6. The maximum absolute atomic E-state index is 11.4. The second-order valence-corrected chi connectivity index (χ2v) is 6.08. The Labute approximate surface area is 94.4 Å². The molecule has 0 bridgehead atoms. The van der Waals surface area contributed by atoms with E-state index in [2.05, 4.69) is 9.97 Å². The molecule has 0 atom stereocenters. The van der Waals surface area contributed by atoms with Crippen molar-refractivity contribution >= 4 is 21.6 Å². The van der Waals surface area contributed by atoms with Crippen LogP contribution >= 0.6 is 0 Å². The third kappa shape index (κ3) is 2.60. The van der Waals surface area contributed by atoms with Gasteiger partial charge in [-0.15, -0.1) is 0 Å². The summed E-state index contributed by atoms with van der Waals surface area (Å²) in [6, 6.07) is 1.61. The van der Waals surface area contributed by atoms with E-state index in [4.69, 9.17) is 5.73 Å². The third-order valence-electron chi connectivity index (χ3n) is 2.50. The summed E-state index contributed by atoms with van der Waals surface area (Å²) in [5.74, 6) is 1.31. The quantitative estimate of drug-likeness (QED) is 0.726. The Bertz CT molecular complexity index is 474. The molecular weight excluding hydrogens is 228 g/mol. The highest BCUT2D eigenvalue weighted by molar-refractivity contribution is 7.91. The molecule has 1 aliphatic rings. The largest absolute Gasteiger partial charge is 0.384 e. The Morgan fingerprint density at radius 1 is 1.31 bits per heavy atom. The Morgan fingerprint density at radius 2 is 2.12 bits per heavy atom. The molecule has 1 fully saturated rings. The fraction of sp³-hybridized carbons (Fsp3) is 0.556. The van der Waals surface area contributed by atoms with Gasteiger partial charge in [-0.2, -0.15) is 4.98 Å². The van der Waals surface area contributed by atoms with Gasteiger partial charge >= 0.3 is 0 Å². The van der Waals surface area contributed by atoms with Crippen molar-refractivity contribution in [1.82, 2.24) is 9.97 Å². The standard InChI is InChI=1S/C9H14N4O2S/c10-8-2-3-11-9(12-8)13-4-1-6-16(14,15)7-5-13/h2-3H,1,4-7H2,(H2,10,11,12). The number of rotatable bonds is 1. The van der Waals surface area contributed by atoms with Crippen LogP contribution in [0, 0.1) is 0 Å². The number of nitrogens with two attached hydrogens (primary N) is 1. The summed E-state index contributed by atoms with van der Waals surface area (Å²) < 4.78 is 22.8. The molecule has 1 aromatic rings. The lowest BCUT2D eigenvalue weighted by Crippen LogP contribution is -2.28. The molecule has 0 unspecified atom stereocenters. The first kappa shape index (κ1) is 11.1. The third-order valence-corrected chi connectivity index (χ3v) is 4.22. The SMILES string of the molecule is Nc1ccnc(N2CCCS(=O)(=O)CC2)n1. The minimum atomic E-state index is -2.90. The van der Waals surface area contributed by atoms with Crippen molar-refractivity contribution in [3.05, 3.63) is 12.3 Å². The number of nitrogen functional groups attached to an aromatic ring is 1. The van der Waals surface area contributed by atoms with E-state index in [0.717, 1.165) is 0 Å². The van der Waals surface area contributed by atoms with Gasteiger partial charge in [0.25, 0.3) is 0 Å². The monoisotopic (exact) mass is 242 g/mol. The normalized spacial score (nSPS) is 20.4. The molecule has 2 rings (SSSR count). The van der Waals surface area contributed by atoms with Crippen molar-refractivity contribution in [3.63, 3.8) is 0 Å². The van der Waals surface area contributed by atoms with Crippen LogP contribution in [0.15, 0.2) is 12.3 Å². The zero-order valence-corrected chi connectivity index (χ0v) is 9.65. The summed E-state index contributed by atoms with van der Waals surface area (Å²) in [5.41, 5.74) is 5.56. The van der Waals surface area contributed by atoms with Crippen LogP contribution in [-0.4, -0.2) is 43.0 Å². The molecule has 2 heterocycles. The number of sulfone groups is 1. The molecule has 0 aromatic carbocycles. The first-order chi connectivity index (χ1) is 7.57. The topological polar surface area (TPSA) is 89.2 Å². The smallest absolute Gasteiger partial charge is 0.227 e. The van der Waals surface area contributed by atoms with Crippen molar-refractivity contribution in [2.45, 2.75) is 6.42 Å². The van der Waals surface area contributed by atoms with Crippen LogP contribution in [0.5, 0.6) is 0 Å². The van der Waals surface area contributed by atoms with Gasteiger partial charge in [-0.1, -0.05) is 0 Å². The highest BCUT2D eigenvalue weighted by Crippen LogP contribution is 2.12. The van der Waals surface area contributed by atoms with E-state index in [9.17, 15) is 8.42 Å². The predicted molar refractivity (Wildman–Crippen MR) is 61.9 cm³/mol. The first-order valence-corrected chi connectivity index (χ1v) is 6.93. The summed E-state index contributed by atoms with van der Waals surface area (Å²) in [7, 11) is -2.90. The zero-order chi connectivity index (χ0) is 11.6. The van der Waals surface area contributed by atoms with Crippen LogP contribution in [-0.2, 0) is 9.84 Å². The number of aromatic nitrogens is 2. The van der Waals surface area contributed by atoms with E-state index in [1.165, 1.54) is 0 Å². The highest BCUT2D eigenvalue weighted by atomic mass is 32.2. The van der Waals surface area contributed by atoms with Crippen LogP contribution in [0.1, 0.15) is 6.42 Å². The number of nitrogens with zero attached hydrogens (tertiary/aromatic N) is 3. The molecule has 16 heavy (non-hydrogen) atoms. The van der Waals surface area contributed by atoms with Gasteiger partial charge in [0.2, 0.25) is 5.95 Å². The van der Waals surface area contributed by atoms with Crippen LogP contribution < -0.4 is 10.6 Å². The molecule has 2 N–H and O–H groups in total. The molecule has 0 aliphatic carbocycles. The van der Waals surface area contributed by atoms with E-state index in [1.807, 2.05) is 4.90 Å². The second kappa shape index (κ2) is 4.25.